The summed E-state index contributed by atoms with van der Waals surface area (Å²) in [7, 11) is 0. The maximum absolute atomic E-state index is 5.64. The van der Waals surface area contributed by atoms with E-state index in [0.717, 1.165) is 23.9 Å². The van der Waals surface area contributed by atoms with Gasteiger partial charge in [0.15, 0.2) is 0 Å². The van der Waals surface area contributed by atoms with Crippen LogP contribution in [0.15, 0.2) is 17.3 Å². The molecular formula is C15H24N2OS. The van der Waals surface area contributed by atoms with Crippen molar-refractivity contribution in [2.75, 3.05) is 12.4 Å². The number of nitrogens with zero attached hydrogens (tertiary/aromatic N) is 1. The van der Waals surface area contributed by atoms with Gasteiger partial charge in [0.05, 0.1) is 11.1 Å². The molecule has 3 nitrogen and oxygen atoms in total. The molecule has 1 unspecified atom stereocenters. The van der Waals surface area contributed by atoms with Crippen LogP contribution in [0.4, 0.5) is 0 Å². The molecule has 1 aromatic heterocycles. The van der Waals surface area contributed by atoms with Crippen molar-refractivity contribution in [2.24, 2.45) is 0 Å². The molecule has 0 aromatic carbocycles. The van der Waals surface area contributed by atoms with E-state index in [4.69, 9.17) is 4.74 Å². The molecule has 0 radical (unpaired) electrons. The molecule has 0 saturated carbocycles. The van der Waals surface area contributed by atoms with Crippen molar-refractivity contribution in [3.63, 3.8) is 0 Å². The highest BCUT2D eigenvalue weighted by atomic mass is 32.2. The molecule has 0 amide bonds. The third-order valence-corrected chi connectivity index (χ3v) is 4.47. The van der Waals surface area contributed by atoms with Crippen molar-refractivity contribution in [1.82, 2.24) is 10.3 Å². The third kappa shape index (κ3) is 4.79. The van der Waals surface area contributed by atoms with Gasteiger partial charge in [0.2, 0.25) is 0 Å². The van der Waals surface area contributed by atoms with E-state index < -0.39 is 0 Å². The summed E-state index contributed by atoms with van der Waals surface area (Å²) in [5.74, 6) is 1.03. The van der Waals surface area contributed by atoms with E-state index >= 15 is 0 Å². The Morgan fingerprint density at radius 2 is 2.37 bits per heavy atom. The zero-order valence-corrected chi connectivity index (χ0v) is 12.9. The minimum atomic E-state index is 0.425. The molecule has 1 atom stereocenters. The second kappa shape index (κ2) is 7.27. The van der Waals surface area contributed by atoms with E-state index in [9.17, 15) is 0 Å². The fourth-order valence-corrected chi connectivity index (χ4v) is 3.16. The summed E-state index contributed by atoms with van der Waals surface area (Å²) in [6.45, 7) is 8.28. The van der Waals surface area contributed by atoms with Crippen LogP contribution in [0.3, 0.4) is 0 Å². The van der Waals surface area contributed by atoms with Gasteiger partial charge in [-0.15, -0.1) is 11.8 Å². The molecule has 0 aliphatic carbocycles. The molecule has 106 valence electrons. The first kappa shape index (κ1) is 14.8. The Balaban J connectivity index is 1.87. The third-order valence-electron chi connectivity index (χ3n) is 3.23. The number of thioether (sulfide) groups is 1. The Morgan fingerprint density at radius 3 is 3.00 bits per heavy atom. The minimum Gasteiger partial charge on any atom is -0.377 e. The number of nitrogens with one attached hydrogen (secondary N) is 1. The number of hydrogen-bond donors (Lipinski definition) is 1. The summed E-state index contributed by atoms with van der Waals surface area (Å²) in [5.41, 5.74) is 2.53. The van der Waals surface area contributed by atoms with E-state index in [2.05, 4.69) is 37.1 Å². The minimum absolute atomic E-state index is 0.425. The number of hydrogen-bond acceptors (Lipinski definition) is 4. The van der Waals surface area contributed by atoms with Gasteiger partial charge >= 0.3 is 0 Å². The van der Waals surface area contributed by atoms with Crippen molar-refractivity contribution in [2.45, 2.75) is 57.3 Å². The summed E-state index contributed by atoms with van der Waals surface area (Å²) < 4.78 is 5.64. The first-order valence-electron chi connectivity index (χ1n) is 7.08. The lowest BCUT2D eigenvalue weighted by atomic mass is 10.2. The number of aromatic nitrogens is 1. The summed E-state index contributed by atoms with van der Waals surface area (Å²) in [6, 6.07) is 2.74. The molecular weight excluding hydrogens is 256 g/mol. The van der Waals surface area contributed by atoms with Crippen molar-refractivity contribution >= 4 is 11.8 Å². The first-order chi connectivity index (χ1) is 9.15. The van der Waals surface area contributed by atoms with Crippen LogP contribution in [0.25, 0.3) is 0 Å². The lowest BCUT2D eigenvalue weighted by molar-refractivity contribution is 0.129. The van der Waals surface area contributed by atoms with Crippen LogP contribution in [-0.4, -0.2) is 29.5 Å². The number of rotatable bonds is 6. The van der Waals surface area contributed by atoms with Crippen LogP contribution in [0.2, 0.25) is 0 Å². The predicted octanol–water partition coefficient (Wildman–Crippen LogP) is 3.16. The predicted molar refractivity (Wildman–Crippen MR) is 80.6 cm³/mol. The zero-order valence-electron chi connectivity index (χ0n) is 12.1. The maximum atomic E-state index is 5.64. The van der Waals surface area contributed by atoms with E-state index in [1.807, 2.05) is 18.0 Å². The molecule has 19 heavy (non-hydrogen) atoms. The largest absolute Gasteiger partial charge is 0.377 e. The number of pyridine rings is 1. The zero-order chi connectivity index (χ0) is 13.7. The van der Waals surface area contributed by atoms with Crippen LogP contribution in [-0.2, 0) is 11.3 Å². The van der Waals surface area contributed by atoms with Gasteiger partial charge in [-0.25, -0.2) is 4.98 Å². The van der Waals surface area contributed by atoms with Gasteiger partial charge in [0, 0.05) is 31.1 Å². The molecule has 4 heteroatoms. The van der Waals surface area contributed by atoms with Crippen molar-refractivity contribution in [3.05, 3.63) is 23.4 Å². The highest BCUT2D eigenvalue weighted by molar-refractivity contribution is 7.99. The SMILES string of the molecule is Cc1cc(CNC(C)C)cnc1SCC1CCCO1. The average molecular weight is 280 g/mol. The van der Waals surface area contributed by atoms with Gasteiger partial charge in [-0.05, 0) is 30.9 Å². The van der Waals surface area contributed by atoms with Gasteiger partial charge in [-0.2, -0.15) is 0 Å². The topological polar surface area (TPSA) is 34.2 Å². The Bertz CT molecular complexity index is 403. The monoisotopic (exact) mass is 280 g/mol. The van der Waals surface area contributed by atoms with E-state index in [0.29, 0.717) is 12.1 Å². The molecule has 2 rings (SSSR count). The molecule has 2 heterocycles. The summed E-state index contributed by atoms with van der Waals surface area (Å²) >= 11 is 1.82. The smallest absolute Gasteiger partial charge is 0.0990 e. The molecule has 1 fully saturated rings. The Morgan fingerprint density at radius 1 is 1.53 bits per heavy atom. The molecule has 1 aliphatic heterocycles. The molecule has 1 aliphatic rings. The van der Waals surface area contributed by atoms with Gasteiger partial charge in [0.1, 0.15) is 0 Å². The van der Waals surface area contributed by atoms with Gasteiger partial charge in [0.25, 0.3) is 0 Å². The van der Waals surface area contributed by atoms with E-state index in [1.54, 1.807) is 0 Å². The molecule has 1 aromatic rings. The summed E-state index contributed by atoms with van der Waals surface area (Å²) in [4.78, 5) is 4.58. The second-order valence-electron chi connectivity index (χ2n) is 5.45. The fraction of sp³-hybridized carbons (Fsp3) is 0.667. The van der Waals surface area contributed by atoms with Crippen LogP contribution in [0.1, 0.15) is 37.8 Å². The molecule has 1 N–H and O–H groups in total. The molecule has 1 saturated heterocycles. The molecule has 0 bridgehead atoms. The Kier molecular flexibility index (Phi) is 5.67. The van der Waals surface area contributed by atoms with Crippen molar-refractivity contribution < 1.29 is 4.74 Å². The van der Waals surface area contributed by atoms with Crippen molar-refractivity contribution in [1.29, 1.82) is 0 Å². The summed E-state index contributed by atoms with van der Waals surface area (Å²) in [6.07, 6.45) is 4.81. The second-order valence-corrected chi connectivity index (χ2v) is 6.46. The van der Waals surface area contributed by atoms with E-state index in [-0.39, 0.29) is 0 Å². The number of ether oxygens (including phenoxy) is 1. The lowest BCUT2D eigenvalue weighted by Crippen LogP contribution is -2.21. The Hall–Kier alpha value is -0.580. The summed E-state index contributed by atoms with van der Waals surface area (Å²) in [5, 5.41) is 4.56. The standard InChI is InChI=1S/C15H24N2OS/c1-11(2)16-8-13-7-12(3)15(17-9-13)19-10-14-5-4-6-18-14/h7,9,11,14,16H,4-6,8,10H2,1-3H3. The van der Waals surface area contributed by atoms with Crippen LogP contribution >= 0.6 is 11.8 Å². The van der Waals surface area contributed by atoms with Gasteiger partial charge in [-0.1, -0.05) is 19.9 Å². The normalized spacial score (nSPS) is 19.3. The highest BCUT2D eigenvalue weighted by Crippen LogP contribution is 2.25. The van der Waals surface area contributed by atoms with Crippen molar-refractivity contribution in [3.8, 4) is 0 Å². The van der Waals surface area contributed by atoms with Crippen LogP contribution in [0, 0.1) is 6.92 Å². The fourth-order valence-electron chi connectivity index (χ4n) is 2.14. The Labute approximate surface area is 120 Å². The lowest BCUT2D eigenvalue weighted by Gasteiger charge is -2.12. The molecule has 0 spiro atoms. The van der Waals surface area contributed by atoms with Crippen LogP contribution < -0.4 is 5.32 Å². The van der Waals surface area contributed by atoms with Gasteiger partial charge in [-0.3, -0.25) is 0 Å². The highest BCUT2D eigenvalue weighted by Gasteiger charge is 2.16. The van der Waals surface area contributed by atoms with Crippen LogP contribution in [0.5, 0.6) is 0 Å². The maximum Gasteiger partial charge on any atom is 0.0990 e. The number of aryl methyl sites for hydroxylation is 1. The van der Waals surface area contributed by atoms with Gasteiger partial charge < -0.3 is 10.1 Å². The quantitative estimate of drug-likeness (QED) is 0.812. The first-order valence-corrected chi connectivity index (χ1v) is 8.07. The van der Waals surface area contributed by atoms with E-state index in [1.165, 1.54) is 24.0 Å². The average Bonchev–Trinajstić information content (AvgIpc) is 2.88.